The van der Waals surface area contributed by atoms with Gasteiger partial charge in [0.1, 0.15) is 23.0 Å². The summed E-state index contributed by atoms with van der Waals surface area (Å²) in [4.78, 5) is 20.7. The molecule has 44 heavy (non-hydrogen) atoms. The Morgan fingerprint density at radius 2 is 0.636 bits per heavy atom. The predicted molar refractivity (Wildman–Crippen MR) is 167 cm³/mol. The van der Waals surface area contributed by atoms with Crippen LogP contribution in [0, 0.1) is 20.2 Å². The molecule has 0 aliphatic carbocycles. The molecular formula is C34H30N4O6. The van der Waals surface area contributed by atoms with E-state index in [9.17, 15) is 20.2 Å². The van der Waals surface area contributed by atoms with Crippen molar-refractivity contribution in [3.05, 3.63) is 164 Å². The van der Waals surface area contributed by atoms with Gasteiger partial charge in [-0.3, -0.25) is 20.2 Å². The second kappa shape index (κ2) is 14.5. The number of non-ortho nitro benzene ring substituents is 2. The summed E-state index contributed by atoms with van der Waals surface area (Å²) in [6.07, 6.45) is 0. The number of nitro benzene ring substituents is 2. The Morgan fingerprint density at radius 1 is 0.409 bits per heavy atom. The number of nitrogens with zero attached hydrogens (tertiary/aromatic N) is 2. The molecule has 222 valence electrons. The number of nitro groups is 2. The summed E-state index contributed by atoms with van der Waals surface area (Å²) in [6, 6.07) is 36.0. The Morgan fingerprint density at radius 3 is 0.886 bits per heavy atom. The first kappa shape index (κ1) is 29.9. The summed E-state index contributed by atoms with van der Waals surface area (Å²) in [5.41, 5.74) is 4.67. The minimum Gasteiger partial charge on any atom is -0.457 e. The number of benzene rings is 5. The molecule has 5 aromatic carbocycles. The van der Waals surface area contributed by atoms with Crippen molar-refractivity contribution in [1.82, 2.24) is 10.6 Å². The van der Waals surface area contributed by atoms with E-state index < -0.39 is 9.85 Å². The molecule has 0 aromatic heterocycles. The fraction of sp³-hybridized carbons (Fsp3) is 0.118. The smallest absolute Gasteiger partial charge is 0.269 e. The van der Waals surface area contributed by atoms with Crippen LogP contribution in [0.15, 0.2) is 121 Å². The number of nitrogens with one attached hydrogen (secondary N) is 2. The maximum atomic E-state index is 10.8. The minimum atomic E-state index is -0.438. The van der Waals surface area contributed by atoms with Crippen LogP contribution in [0.25, 0.3) is 0 Å². The highest BCUT2D eigenvalue weighted by atomic mass is 16.6. The van der Waals surface area contributed by atoms with Gasteiger partial charge >= 0.3 is 0 Å². The molecular weight excluding hydrogens is 560 g/mol. The SMILES string of the molecule is O=[N+]([O-])c1ccc(Oc2ccc(CNCc3ccc(CNCc4ccc(Oc5ccc([N+](=O)[O-])cc5)cc4)cc3)cc2)cc1. The lowest BCUT2D eigenvalue weighted by atomic mass is 10.1. The van der Waals surface area contributed by atoms with E-state index in [0.717, 1.165) is 24.2 Å². The van der Waals surface area contributed by atoms with Crippen molar-refractivity contribution in [3.63, 3.8) is 0 Å². The zero-order valence-electron chi connectivity index (χ0n) is 23.7. The van der Waals surface area contributed by atoms with Crippen molar-refractivity contribution in [1.29, 1.82) is 0 Å². The van der Waals surface area contributed by atoms with Crippen molar-refractivity contribution in [2.45, 2.75) is 26.2 Å². The molecule has 5 aromatic rings. The fourth-order valence-electron chi connectivity index (χ4n) is 4.37. The van der Waals surface area contributed by atoms with Crippen molar-refractivity contribution in [3.8, 4) is 23.0 Å². The van der Waals surface area contributed by atoms with Crippen molar-refractivity contribution in [2.75, 3.05) is 0 Å². The lowest BCUT2D eigenvalue weighted by Gasteiger charge is -2.10. The molecule has 5 rings (SSSR count). The first-order valence-electron chi connectivity index (χ1n) is 13.9. The van der Waals surface area contributed by atoms with E-state index >= 15 is 0 Å². The molecule has 10 nitrogen and oxygen atoms in total. The Hall–Kier alpha value is -5.58. The standard InChI is InChI=1S/C34H30N4O6/c39-37(40)29-9-17-33(18-10-29)43-31-13-5-27(6-14-31)23-35-21-25-1-2-26(4-3-25)22-36-24-28-7-15-32(16-8-28)44-34-19-11-30(12-20-34)38(41)42/h1-20,35-36H,21-24H2. The summed E-state index contributed by atoms with van der Waals surface area (Å²) in [5, 5.41) is 28.5. The van der Waals surface area contributed by atoms with Gasteiger partial charge < -0.3 is 20.1 Å². The molecule has 2 N–H and O–H groups in total. The van der Waals surface area contributed by atoms with Gasteiger partial charge in [0.15, 0.2) is 0 Å². The van der Waals surface area contributed by atoms with Crippen LogP contribution in [0.5, 0.6) is 23.0 Å². The summed E-state index contributed by atoms with van der Waals surface area (Å²) in [6.45, 7) is 2.89. The van der Waals surface area contributed by atoms with Crippen LogP contribution >= 0.6 is 0 Å². The van der Waals surface area contributed by atoms with Crippen LogP contribution in [-0.2, 0) is 26.2 Å². The molecule has 0 heterocycles. The van der Waals surface area contributed by atoms with E-state index in [2.05, 4.69) is 34.9 Å². The van der Waals surface area contributed by atoms with E-state index in [0.29, 0.717) is 36.1 Å². The Bertz CT molecular complexity index is 1550. The molecule has 0 aliphatic rings. The predicted octanol–water partition coefficient (Wildman–Crippen LogP) is 7.67. The first-order chi connectivity index (χ1) is 21.4. The monoisotopic (exact) mass is 590 g/mol. The molecule has 10 heteroatoms. The van der Waals surface area contributed by atoms with Crippen LogP contribution in [0.3, 0.4) is 0 Å². The Balaban J connectivity index is 0.999. The highest BCUT2D eigenvalue weighted by Crippen LogP contribution is 2.25. The van der Waals surface area contributed by atoms with E-state index in [1.807, 2.05) is 48.5 Å². The number of rotatable bonds is 14. The molecule has 0 saturated carbocycles. The number of hydrogen-bond donors (Lipinski definition) is 2. The highest BCUT2D eigenvalue weighted by molar-refractivity contribution is 5.40. The highest BCUT2D eigenvalue weighted by Gasteiger charge is 2.07. The largest absolute Gasteiger partial charge is 0.457 e. The molecule has 0 saturated heterocycles. The van der Waals surface area contributed by atoms with Gasteiger partial charge in [-0.05, 0) is 70.8 Å². The van der Waals surface area contributed by atoms with E-state index in [4.69, 9.17) is 9.47 Å². The minimum absolute atomic E-state index is 0.0279. The average Bonchev–Trinajstić information content (AvgIpc) is 3.04. The van der Waals surface area contributed by atoms with Gasteiger partial charge in [-0.25, -0.2) is 0 Å². The molecule has 0 unspecified atom stereocenters. The third kappa shape index (κ3) is 8.71. The number of ether oxygens (including phenoxy) is 2. The molecule has 0 amide bonds. The van der Waals surface area contributed by atoms with Gasteiger partial charge in [-0.1, -0.05) is 48.5 Å². The van der Waals surface area contributed by atoms with E-state index in [1.54, 1.807) is 24.3 Å². The van der Waals surface area contributed by atoms with Crippen LogP contribution in [0.4, 0.5) is 11.4 Å². The Kier molecular flexibility index (Phi) is 9.88. The maximum absolute atomic E-state index is 10.8. The molecule has 0 spiro atoms. The lowest BCUT2D eigenvalue weighted by Crippen LogP contribution is -2.14. The van der Waals surface area contributed by atoms with Crippen LogP contribution in [0.1, 0.15) is 22.3 Å². The second-order valence-electron chi connectivity index (χ2n) is 10.0. The van der Waals surface area contributed by atoms with Crippen molar-refractivity contribution >= 4 is 11.4 Å². The van der Waals surface area contributed by atoms with Crippen LogP contribution < -0.4 is 20.1 Å². The average molecular weight is 591 g/mol. The van der Waals surface area contributed by atoms with Gasteiger partial charge in [0, 0.05) is 50.4 Å². The normalized spacial score (nSPS) is 10.7. The molecule has 0 radical (unpaired) electrons. The first-order valence-corrected chi connectivity index (χ1v) is 13.9. The molecule has 0 bridgehead atoms. The van der Waals surface area contributed by atoms with Gasteiger partial charge in [0.25, 0.3) is 11.4 Å². The molecule has 0 atom stereocenters. The zero-order valence-corrected chi connectivity index (χ0v) is 23.7. The summed E-state index contributed by atoms with van der Waals surface area (Å²) in [5.74, 6) is 2.42. The van der Waals surface area contributed by atoms with Gasteiger partial charge in [0.2, 0.25) is 0 Å². The molecule has 0 aliphatic heterocycles. The fourth-order valence-corrected chi connectivity index (χ4v) is 4.37. The second-order valence-corrected chi connectivity index (χ2v) is 10.0. The van der Waals surface area contributed by atoms with Crippen LogP contribution in [0.2, 0.25) is 0 Å². The van der Waals surface area contributed by atoms with Gasteiger partial charge in [-0.2, -0.15) is 0 Å². The zero-order chi connectivity index (χ0) is 30.7. The third-order valence-electron chi connectivity index (χ3n) is 6.75. The van der Waals surface area contributed by atoms with Crippen molar-refractivity contribution < 1.29 is 19.3 Å². The quantitative estimate of drug-likeness (QED) is 0.0996. The summed E-state index contributed by atoms with van der Waals surface area (Å²) in [7, 11) is 0. The van der Waals surface area contributed by atoms with Crippen LogP contribution in [-0.4, -0.2) is 9.85 Å². The van der Waals surface area contributed by atoms with Gasteiger partial charge in [0.05, 0.1) is 9.85 Å². The summed E-state index contributed by atoms with van der Waals surface area (Å²) >= 11 is 0. The Labute approximate surface area is 254 Å². The van der Waals surface area contributed by atoms with Crippen molar-refractivity contribution in [2.24, 2.45) is 0 Å². The number of hydrogen-bond acceptors (Lipinski definition) is 8. The third-order valence-corrected chi connectivity index (χ3v) is 6.75. The topological polar surface area (TPSA) is 129 Å². The maximum Gasteiger partial charge on any atom is 0.269 e. The summed E-state index contributed by atoms with van der Waals surface area (Å²) < 4.78 is 11.5. The molecule has 0 fully saturated rings. The lowest BCUT2D eigenvalue weighted by molar-refractivity contribution is -0.385. The van der Waals surface area contributed by atoms with E-state index in [1.165, 1.54) is 35.4 Å². The van der Waals surface area contributed by atoms with E-state index in [-0.39, 0.29) is 11.4 Å². The van der Waals surface area contributed by atoms with Gasteiger partial charge in [-0.15, -0.1) is 0 Å².